The average molecular weight is 555 g/mol. The van der Waals surface area contributed by atoms with Crippen LogP contribution in [0.1, 0.15) is 27.3 Å². The van der Waals surface area contributed by atoms with Crippen molar-refractivity contribution in [1.82, 2.24) is 8.75 Å². The normalized spacial score (nSPS) is 11.3. The Hall–Kier alpha value is -2.92. The first-order valence-electron chi connectivity index (χ1n) is 11.3. The molecule has 184 valence electrons. The highest BCUT2D eigenvalue weighted by Gasteiger charge is 2.18. The van der Waals surface area contributed by atoms with Gasteiger partial charge in [-0.25, -0.2) is 0 Å². The quantitative estimate of drug-likeness (QED) is 0.145. The number of aromatic nitrogens is 2. The summed E-state index contributed by atoms with van der Waals surface area (Å²) >= 11 is 6.36. The summed E-state index contributed by atoms with van der Waals surface area (Å²) in [6, 6.07) is 12.8. The summed E-state index contributed by atoms with van der Waals surface area (Å²) in [4.78, 5) is 28.4. The fraction of sp³-hybridized carbons (Fsp3) is 0.231. The average Bonchev–Trinajstić information content (AvgIpc) is 3.64. The molecule has 0 unspecified atom stereocenters. The largest absolute Gasteiger partial charge is 0.481 e. The lowest BCUT2D eigenvalue weighted by Gasteiger charge is -2.03. The van der Waals surface area contributed by atoms with E-state index in [-0.39, 0.29) is 6.42 Å². The number of carbonyl (C=O) groups is 2. The van der Waals surface area contributed by atoms with E-state index in [0.717, 1.165) is 47.2 Å². The molecule has 0 amide bonds. The number of aliphatic carboxylic acids is 1. The van der Waals surface area contributed by atoms with E-state index in [2.05, 4.69) is 59.0 Å². The summed E-state index contributed by atoms with van der Waals surface area (Å²) in [5, 5.41) is 9.02. The van der Waals surface area contributed by atoms with E-state index in [1.54, 1.807) is 34.0 Å². The molecule has 0 aliphatic carbocycles. The first-order chi connectivity index (χ1) is 17.4. The monoisotopic (exact) mass is 554 g/mol. The van der Waals surface area contributed by atoms with Gasteiger partial charge in [-0.1, -0.05) is 12.1 Å². The molecule has 0 bridgehead atoms. The Morgan fingerprint density at radius 2 is 1.47 bits per heavy atom. The van der Waals surface area contributed by atoms with Crippen LogP contribution in [-0.4, -0.2) is 32.9 Å². The Labute approximate surface area is 224 Å². The van der Waals surface area contributed by atoms with E-state index in [1.165, 1.54) is 27.0 Å². The van der Waals surface area contributed by atoms with Crippen molar-refractivity contribution in [3.8, 4) is 30.6 Å². The van der Waals surface area contributed by atoms with Gasteiger partial charge in [0.25, 0.3) is 6.47 Å². The third-order valence-corrected chi connectivity index (χ3v) is 10.1. The molecule has 0 aliphatic heterocycles. The lowest BCUT2D eigenvalue weighted by atomic mass is 10.0. The molecule has 5 rings (SSSR count). The van der Waals surface area contributed by atoms with Crippen molar-refractivity contribution in [1.29, 1.82) is 0 Å². The summed E-state index contributed by atoms with van der Waals surface area (Å²) in [6.07, 6.45) is 1.39. The molecule has 4 heterocycles. The number of hydrogen-bond donors (Lipinski definition) is 1. The lowest BCUT2D eigenvalue weighted by Crippen LogP contribution is -1.97. The molecule has 0 radical (unpaired) electrons. The van der Waals surface area contributed by atoms with E-state index in [4.69, 9.17) is 9.84 Å². The SMILES string of the molecule is Cc1sc(-c2ccc(-c3ccc(-c4cc(CCOC=O)c(C)s4)c4nsnc34)s2)cc1CCC(=O)O. The highest BCUT2D eigenvalue weighted by atomic mass is 32.1. The smallest absolute Gasteiger partial charge is 0.303 e. The van der Waals surface area contributed by atoms with Gasteiger partial charge in [-0.2, -0.15) is 8.75 Å². The zero-order valence-electron chi connectivity index (χ0n) is 19.6. The van der Waals surface area contributed by atoms with Crippen LogP contribution in [-0.2, 0) is 27.2 Å². The summed E-state index contributed by atoms with van der Waals surface area (Å²) in [7, 11) is 0. The van der Waals surface area contributed by atoms with Crippen molar-refractivity contribution in [2.75, 3.05) is 6.61 Å². The summed E-state index contributed by atoms with van der Waals surface area (Å²) in [5.41, 5.74) is 6.19. The van der Waals surface area contributed by atoms with Crippen LogP contribution in [0, 0.1) is 13.8 Å². The van der Waals surface area contributed by atoms with E-state index in [1.807, 2.05) is 0 Å². The molecule has 0 spiro atoms. The van der Waals surface area contributed by atoms with Crippen LogP contribution in [0.25, 0.3) is 41.7 Å². The molecular formula is C26H22N2O4S4. The van der Waals surface area contributed by atoms with Gasteiger partial charge < -0.3 is 9.84 Å². The molecular weight excluding hydrogens is 533 g/mol. The lowest BCUT2D eigenvalue weighted by molar-refractivity contribution is -0.137. The molecule has 0 fully saturated rings. The van der Waals surface area contributed by atoms with Crippen molar-refractivity contribution in [2.45, 2.75) is 33.1 Å². The van der Waals surface area contributed by atoms with Crippen LogP contribution in [0.3, 0.4) is 0 Å². The molecule has 0 saturated heterocycles. The van der Waals surface area contributed by atoms with Crippen LogP contribution in [0.15, 0.2) is 36.4 Å². The van der Waals surface area contributed by atoms with Gasteiger partial charge in [-0.3, -0.25) is 9.59 Å². The minimum Gasteiger partial charge on any atom is -0.481 e. The maximum absolute atomic E-state index is 11.0. The zero-order chi connectivity index (χ0) is 25.2. The van der Waals surface area contributed by atoms with Crippen LogP contribution in [0.5, 0.6) is 0 Å². The van der Waals surface area contributed by atoms with Gasteiger partial charge in [0.05, 0.1) is 18.3 Å². The number of ether oxygens (including phenoxy) is 1. The number of thiophene rings is 3. The topological polar surface area (TPSA) is 89.4 Å². The molecule has 5 aromatic rings. The summed E-state index contributed by atoms with van der Waals surface area (Å²) in [6.45, 7) is 5.00. The second-order valence-electron chi connectivity index (χ2n) is 8.28. The van der Waals surface area contributed by atoms with Crippen LogP contribution in [0.2, 0.25) is 0 Å². The number of rotatable bonds is 10. The van der Waals surface area contributed by atoms with Gasteiger partial charge in [0.2, 0.25) is 0 Å². The van der Waals surface area contributed by atoms with Crippen molar-refractivity contribution in [3.63, 3.8) is 0 Å². The van der Waals surface area contributed by atoms with E-state index in [9.17, 15) is 9.59 Å². The first-order valence-corrected chi connectivity index (χ1v) is 14.4. The molecule has 0 atom stereocenters. The van der Waals surface area contributed by atoms with Crippen molar-refractivity contribution >= 4 is 69.2 Å². The highest BCUT2D eigenvalue weighted by molar-refractivity contribution is 7.24. The van der Waals surface area contributed by atoms with Gasteiger partial charge in [0, 0.05) is 53.2 Å². The standard InChI is InChI=1S/C26H22N2O4S4/c1-14-16(3-8-24(30)31)12-23(34-14)21-7-6-20(35-21)18-4-5-19(26-25(18)27-36-28-26)22-11-17(15(2)33-22)9-10-32-13-29/h4-7,11-13H,3,8-10H2,1-2H3,(H,30,31). The fourth-order valence-corrected chi connectivity index (χ4v) is 7.98. The fourth-order valence-electron chi connectivity index (χ4n) is 4.13. The minimum atomic E-state index is -0.772. The molecule has 10 heteroatoms. The molecule has 6 nitrogen and oxygen atoms in total. The Morgan fingerprint density at radius 1 is 0.861 bits per heavy atom. The third-order valence-electron chi connectivity index (χ3n) is 6.00. The minimum absolute atomic E-state index is 0.144. The van der Waals surface area contributed by atoms with Crippen LogP contribution < -0.4 is 0 Å². The van der Waals surface area contributed by atoms with Gasteiger partial charge in [-0.15, -0.1) is 34.0 Å². The van der Waals surface area contributed by atoms with Gasteiger partial charge in [-0.05, 0) is 55.7 Å². The Balaban J connectivity index is 1.45. The van der Waals surface area contributed by atoms with Crippen molar-refractivity contribution < 1.29 is 19.4 Å². The van der Waals surface area contributed by atoms with Gasteiger partial charge in [0.15, 0.2) is 0 Å². The Kier molecular flexibility index (Phi) is 7.29. The Morgan fingerprint density at radius 3 is 2.17 bits per heavy atom. The third kappa shape index (κ3) is 4.99. The van der Waals surface area contributed by atoms with E-state index < -0.39 is 5.97 Å². The Bertz CT molecular complexity index is 1560. The van der Waals surface area contributed by atoms with Crippen LogP contribution in [0.4, 0.5) is 0 Å². The predicted octanol–water partition coefficient (Wildman–Crippen LogP) is 7.23. The van der Waals surface area contributed by atoms with Crippen molar-refractivity contribution in [3.05, 3.63) is 57.3 Å². The molecule has 36 heavy (non-hydrogen) atoms. The van der Waals surface area contributed by atoms with Crippen molar-refractivity contribution in [2.24, 2.45) is 0 Å². The summed E-state index contributed by atoms with van der Waals surface area (Å²) in [5.74, 6) is -0.772. The number of carboxylic acid groups (broad SMARTS) is 1. The molecule has 1 N–H and O–H groups in total. The number of fused-ring (bicyclic) bond motifs is 1. The number of aryl methyl sites for hydroxylation is 3. The molecule has 0 saturated carbocycles. The maximum atomic E-state index is 11.0. The summed E-state index contributed by atoms with van der Waals surface area (Å²) < 4.78 is 14.2. The number of carboxylic acids is 1. The number of carbonyl (C=O) groups excluding carboxylic acids is 1. The molecule has 0 aliphatic rings. The number of benzene rings is 1. The maximum Gasteiger partial charge on any atom is 0.303 e. The van der Waals surface area contributed by atoms with E-state index in [0.29, 0.717) is 25.9 Å². The highest BCUT2D eigenvalue weighted by Crippen LogP contribution is 2.43. The second kappa shape index (κ2) is 10.6. The molecule has 4 aromatic heterocycles. The zero-order valence-corrected chi connectivity index (χ0v) is 22.8. The number of nitrogens with zero attached hydrogens (tertiary/aromatic N) is 2. The van der Waals surface area contributed by atoms with Gasteiger partial charge >= 0.3 is 5.97 Å². The van der Waals surface area contributed by atoms with Crippen LogP contribution >= 0.6 is 45.7 Å². The first kappa shape index (κ1) is 24.8. The van der Waals surface area contributed by atoms with E-state index >= 15 is 0 Å². The second-order valence-corrected chi connectivity index (χ2v) is 12.4. The predicted molar refractivity (Wildman–Crippen MR) is 149 cm³/mol. The molecule has 1 aromatic carbocycles. The number of hydrogen-bond acceptors (Lipinski definition) is 9. The van der Waals surface area contributed by atoms with Gasteiger partial charge in [0.1, 0.15) is 11.0 Å².